The van der Waals surface area contributed by atoms with E-state index in [1.54, 1.807) is 31.5 Å². The van der Waals surface area contributed by atoms with Gasteiger partial charge in [0.2, 0.25) is 5.95 Å². The zero-order chi connectivity index (χ0) is 30.6. The Bertz CT molecular complexity index is 1590. The van der Waals surface area contributed by atoms with Gasteiger partial charge in [-0.2, -0.15) is 4.98 Å². The normalized spacial score (nSPS) is 16.7. The maximum Gasteiger partial charge on any atom is 0.229 e. The van der Waals surface area contributed by atoms with Crippen LogP contribution in [0, 0.1) is 6.92 Å². The van der Waals surface area contributed by atoms with Crippen molar-refractivity contribution in [3.8, 4) is 5.75 Å². The lowest BCUT2D eigenvalue weighted by molar-refractivity contribution is 0.0982. The van der Waals surface area contributed by atoms with Crippen molar-refractivity contribution in [1.29, 1.82) is 0 Å². The van der Waals surface area contributed by atoms with Crippen molar-refractivity contribution in [3.05, 3.63) is 54.5 Å². The van der Waals surface area contributed by atoms with Gasteiger partial charge in [-0.3, -0.25) is 14.9 Å². The largest absolute Gasteiger partial charge is 0.494 e. The predicted octanol–water partition coefficient (Wildman–Crippen LogP) is 5.15. The number of benzene rings is 2. The molecule has 4 heterocycles. The molecule has 232 valence electrons. The average molecular weight is 615 g/mol. The van der Waals surface area contributed by atoms with Gasteiger partial charge in [-0.1, -0.05) is 11.9 Å². The number of hydrogen-bond acceptors (Lipinski definition) is 12. The van der Waals surface area contributed by atoms with Crippen molar-refractivity contribution >= 4 is 57.5 Å². The van der Waals surface area contributed by atoms with E-state index in [-0.39, 0.29) is 0 Å². The lowest BCUT2D eigenvalue weighted by Crippen LogP contribution is -2.52. The highest BCUT2D eigenvalue weighted by molar-refractivity contribution is 7.99. The van der Waals surface area contributed by atoms with E-state index in [9.17, 15) is 0 Å². The first kappa shape index (κ1) is 30.2. The number of fused-ring (bicyclic) bond motifs is 1. The molecule has 2 aliphatic heterocycles. The number of anilines is 6. The molecular formula is C32H42N10OS. The van der Waals surface area contributed by atoms with Crippen LogP contribution >= 0.6 is 11.9 Å². The van der Waals surface area contributed by atoms with E-state index >= 15 is 0 Å². The number of piperidine rings is 1. The topological polar surface area (TPSA) is 97.8 Å². The Morgan fingerprint density at radius 1 is 0.932 bits per heavy atom. The molecule has 44 heavy (non-hydrogen) atoms. The first-order chi connectivity index (χ1) is 21.4. The average Bonchev–Trinajstić information content (AvgIpc) is 3.06. The molecule has 4 aromatic rings. The van der Waals surface area contributed by atoms with Crippen molar-refractivity contribution in [2.24, 2.45) is 0 Å². The van der Waals surface area contributed by atoms with E-state index in [4.69, 9.17) is 9.72 Å². The minimum absolute atomic E-state index is 0.484. The van der Waals surface area contributed by atoms with Gasteiger partial charge in [-0.15, -0.1) is 0 Å². The molecule has 2 saturated heterocycles. The maximum absolute atomic E-state index is 5.83. The number of aryl methyl sites for hydroxylation is 1. The van der Waals surface area contributed by atoms with E-state index in [0.717, 1.165) is 52.5 Å². The van der Waals surface area contributed by atoms with Crippen LogP contribution in [-0.4, -0.2) is 103 Å². The summed E-state index contributed by atoms with van der Waals surface area (Å²) in [7, 11) is 5.94. The molecule has 0 atom stereocenters. The van der Waals surface area contributed by atoms with Crippen LogP contribution in [0.15, 0.2) is 48.9 Å². The Balaban J connectivity index is 1.17. The van der Waals surface area contributed by atoms with Crippen molar-refractivity contribution in [2.75, 3.05) is 86.6 Å². The van der Waals surface area contributed by atoms with E-state index in [1.165, 1.54) is 44.7 Å². The smallest absolute Gasteiger partial charge is 0.229 e. The van der Waals surface area contributed by atoms with E-state index in [1.807, 2.05) is 38.6 Å². The van der Waals surface area contributed by atoms with Crippen molar-refractivity contribution in [2.45, 2.75) is 25.8 Å². The molecule has 6 rings (SSSR count). The van der Waals surface area contributed by atoms with E-state index in [2.05, 4.69) is 69.8 Å². The number of rotatable bonds is 9. The summed E-state index contributed by atoms with van der Waals surface area (Å²) < 4.78 is 7.91. The molecule has 0 aliphatic carbocycles. The summed E-state index contributed by atoms with van der Waals surface area (Å²) in [5.74, 6) is 1.96. The monoisotopic (exact) mass is 614 g/mol. The molecule has 2 aromatic carbocycles. The lowest BCUT2D eigenvalue weighted by atomic mass is 10.0. The highest BCUT2D eigenvalue weighted by atomic mass is 32.2. The minimum Gasteiger partial charge on any atom is -0.494 e. The molecule has 12 heteroatoms. The number of methoxy groups -OCH3 is 1. The molecule has 2 aliphatic rings. The molecule has 2 aromatic heterocycles. The Labute approximate surface area is 264 Å². The second kappa shape index (κ2) is 13.4. The zero-order valence-electron chi connectivity index (χ0n) is 26.2. The fourth-order valence-electron chi connectivity index (χ4n) is 6.07. The maximum atomic E-state index is 5.83. The number of hydrogen-bond donors (Lipinski definition) is 2. The van der Waals surface area contributed by atoms with Crippen LogP contribution < -0.4 is 24.6 Å². The van der Waals surface area contributed by atoms with Crippen LogP contribution in [0.25, 0.3) is 11.0 Å². The van der Waals surface area contributed by atoms with E-state index < -0.39 is 0 Å². The standard InChI is InChI=1S/C32H42N10OS/c1-22-21-35-32(38-31(22)36-27-9-8-26-29(34-13-12-33-26)30(27)40(3)44-5)37-25-7-6-24(20-28(25)43-4)41-14-10-23(11-15-41)42-18-16-39(2)17-19-42/h6-9,12-13,20-21,23H,10-11,14-19H2,1-5H3,(H2,35,36,37,38). The number of nitrogens with one attached hydrogen (secondary N) is 2. The quantitative estimate of drug-likeness (QED) is 0.244. The summed E-state index contributed by atoms with van der Waals surface area (Å²) in [6, 6.07) is 11.0. The summed E-state index contributed by atoms with van der Waals surface area (Å²) in [6.07, 6.45) is 9.67. The van der Waals surface area contributed by atoms with Crippen LogP contribution in [0.3, 0.4) is 0 Å². The zero-order valence-corrected chi connectivity index (χ0v) is 27.1. The molecule has 2 fully saturated rings. The molecule has 0 saturated carbocycles. The number of likely N-dealkylation sites (N-methyl/N-ethyl adjacent to an activating group) is 1. The second-order valence-corrected chi connectivity index (χ2v) is 12.4. The summed E-state index contributed by atoms with van der Waals surface area (Å²) in [5.41, 5.74) is 6.43. The third-order valence-electron chi connectivity index (χ3n) is 8.74. The first-order valence-corrected chi connectivity index (χ1v) is 16.4. The van der Waals surface area contributed by atoms with E-state index in [0.29, 0.717) is 17.8 Å². The Morgan fingerprint density at radius 3 is 2.43 bits per heavy atom. The molecule has 0 spiro atoms. The third kappa shape index (κ3) is 6.47. The molecular weight excluding hydrogens is 572 g/mol. The second-order valence-electron chi connectivity index (χ2n) is 11.5. The highest BCUT2D eigenvalue weighted by Crippen LogP contribution is 2.37. The Hall–Kier alpha value is -3.87. The summed E-state index contributed by atoms with van der Waals surface area (Å²) >= 11 is 1.61. The van der Waals surface area contributed by atoms with Crippen molar-refractivity contribution < 1.29 is 4.74 Å². The summed E-state index contributed by atoms with van der Waals surface area (Å²) in [6.45, 7) is 8.80. The predicted molar refractivity (Wildman–Crippen MR) is 182 cm³/mol. The number of nitrogens with zero attached hydrogens (tertiary/aromatic N) is 8. The van der Waals surface area contributed by atoms with Crippen molar-refractivity contribution in [1.82, 2.24) is 29.7 Å². The Kier molecular flexibility index (Phi) is 9.20. The molecule has 2 N–H and O–H groups in total. The third-order valence-corrected chi connectivity index (χ3v) is 9.47. The number of aromatic nitrogens is 4. The van der Waals surface area contributed by atoms with Crippen LogP contribution in [0.5, 0.6) is 5.75 Å². The Morgan fingerprint density at radius 2 is 1.68 bits per heavy atom. The summed E-state index contributed by atoms with van der Waals surface area (Å²) in [5, 5.41) is 6.91. The SMILES string of the molecule is COc1cc(N2CCC(N3CCN(C)CC3)CC2)ccc1Nc1ncc(C)c(Nc2ccc3nccnc3c2N(C)SC)n1. The van der Waals surface area contributed by atoms with Gasteiger partial charge in [0.1, 0.15) is 17.1 Å². The minimum atomic E-state index is 0.484. The van der Waals surface area contributed by atoms with Gasteiger partial charge in [0.05, 0.1) is 29.7 Å². The van der Waals surface area contributed by atoms with Gasteiger partial charge < -0.3 is 29.5 Å². The van der Waals surface area contributed by atoms with Crippen LogP contribution in [-0.2, 0) is 0 Å². The van der Waals surface area contributed by atoms with Gasteiger partial charge in [-0.25, -0.2) is 4.98 Å². The first-order valence-electron chi connectivity index (χ1n) is 15.2. The molecule has 0 unspecified atom stereocenters. The van der Waals surface area contributed by atoms with Gasteiger partial charge >= 0.3 is 0 Å². The fourth-order valence-corrected chi connectivity index (χ4v) is 6.43. The lowest BCUT2D eigenvalue weighted by Gasteiger charge is -2.42. The van der Waals surface area contributed by atoms with Crippen LogP contribution in [0.4, 0.5) is 34.5 Å². The van der Waals surface area contributed by atoms with Gasteiger partial charge in [0.15, 0.2) is 0 Å². The molecule has 11 nitrogen and oxygen atoms in total. The van der Waals surface area contributed by atoms with Gasteiger partial charge in [-0.05, 0) is 51.1 Å². The van der Waals surface area contributed by atoms with Crippen molar-refractivity contribution in [3.63, 3.8) is 0 Å². The number of piperazine rings is 1. The van der Waals surface area contributed by atoms with Gasteiger partial charge in [0, 0.05) is 94.5 Å². The highest BCUT2D eigenvalue weighted by Gasteiger charge is 2.27. The molecule has 0 amide bonds. The number of ether oxygens (including phenoxy) is 1. The van der Waals surface area contributed by atoms with Gasteiger partial charge in [0.25, 0.3) is 0 Å². The molecule has 0 bridgehead atoms. The molecule has 0 radical (unpaired) electrons. The van der Waals surface area contributed by atoms with Crippen LogP contribution in [0.2, 0.25) is 0 Å². The van der Waals surface area contributed by atoms with Crippen LogP contribution in [0.1, 0.15) is 18.4 Å². The fraction of sp³-hybridized carbons (Fsp3) is 0.438. The summed E-state index contributed by atoms with van der Waals surface area (Å²) in [4.78, 5) is 26.1.